The van der Waals surface area contributed by atoms with Crippen molar-refractivity contribution in [2.45, 2.75) is 18.9 Å². The van der Waals surface area contributed by atoms with Crippen molar-refractivity contribution in [1.82, 2.24) is 5.43 Å². The van der Waals surface area contributed by atoms with Crippen LogP contribution in [0.25, 0.3) is 0 Å². The number of hydrogen-bond donors (Lipinski definition) is 2. The second kappa shape index (κ2) is 6.29. The summed E-state index contributed by atoms with van der Waals surface area (Å²) in [7, 11) is 0. The molecule has 1 aromatic carbocycles. The summed E-state index contributed by atoms with van der Waals surface area (Å²) < 4.78 is 13.1. The smallest absolute Gasteiger partial charge is 0.141 e. The molecule has 3 N–H and O–H groups in total. The van der Waals surface area contributed by atoms with E-state index in [9.17, 15) is 4.39 Å². The van der Waals surface area contributed by atoms with E-state index in [4.69, 9.17) is 17.4 Å². The van der Waals surface area contributed by atoms with Crippen molar-refractivity contribution in [3.8, 4) is 0 Å². The van der Waals surface area contributed by atoms with E-state index in [1.54, 1.807) is 23.5 Å². The summed E-state index contributed by atoms with van der Waals surface area (Å²) in [6.07, 6.45) is 1.56. The van der Waals surface area contributed by atoms with E-state index in [1.807, 2.05) is 5.38 Å². The molecule has 0 bridgehead atoms. The summed E-state index contributed by atoms with van der Waals surface area (Å²) in [4.78, 5) is 0. The lowest BCUT2D eigenvalue weighted by Gasteiger charge is -2.15. The van der Waals surface area contributed by atoms with Crippen LogP contribution in [0.4, 0.5) is 4.39 Å². The van der Waals surface area contributed by atoms with Crippen molar-refractivity contribution in [3.05, 3.63) is 57.0 Å². The van der Waals surface area contributed by atoms with Gasteiger partial charge in [0, 0.05) is 6.04 Å². The van der Waals surface area contributed by atoms with Gasteiger partial charge in [0.05, 0.1) is 5.02 Å². The molecule has 2 nitrogen and oxygen atoms in total. The highest BCUT2D eigenvalue weighted by molar-refractivity contribution is 7.07. The first kappa shape index (κ1) is 13.5. The number of benzene rings is 1. The Kier molecular flexibility index (Phi) is 4.72. The molecule has 0 radical (unpaired) electrons. The minimum Gasteiger partial charge on any atom is -0.271 e. The predicted molar refractivity (Wildman–Crippen MR) is 74.2 cm³/mol. The average molecular weight is 285 g/mol. The highest BCUT2D eigenvalue weighted by Crippen LogP contribution is 2.18. The van der Waals surface area contributed by atoms with E-state index in [2.05, 4.69) is 16.9 Å². The maximum atomic E-state index is 13.1. The Bertz CT molecular complexity index is 502. The number of halogens is 2. The highest BCUT2D eigenvalue weighted by atomic mass is 35.5. The molecule has 5 heteroatoms. The zero-order valence-corrected chi connectivity index (χ0v) is 11.3. The molecule has 2 aromatic rings. The molecular formula is C13H14ClFN2S. The van der Waals surface area contributed by atoms with Crippen molar-refractivity contribution < 1.29 is 4.39 Å². The maximum Gasteiger partial charge on any atom is 0.141 e. The van der Waals surface area contributed by atoms with Gasteiger partial charge in [-0.15, -0.1) is 0 Å². The van der Waals surface area contributed by atoms with Gasteiger partial charge in [0.25, 0.3) is 0 Å². The van der Waals surface area contributed by atoms with E-state index in [1.165, 1.54) is 11.6 Å². The summed E-state index contributed by atoms with van der Waals surface area (Å²) in [5.74, 6) is 5.16. The molecule has 0 saturated heterocycles. The van der Waals surface area contributed by atoms with Gasteiger partial charge in [-0.1, -0.05) is 17.7 Å². The van der Waals surface area contributed by atoms with Crippen molar-refractivity contribution in [1.29, 1.82) is 0 Å². The SMILES string of the molecule is NNC(Cc1ccsc1)Cc1ccc(F)c(Cl)c1. The van der Waals surface area contributed by atoms with Gasteiger partial charge in [0.2, 0.25) is 0 Å². The first-order valence-electron chi connectivity index (χ1n) is 5.60. The number of nitrogens with one attached hydrogen (secondary N) is 1. The molecule has 0 amide bonds. The lowest BCUT2D eigenvalue weighted by molar-refractivity contribution is 0.522. The Labute approximate surface area is 115 Å². The molecule has 0 spiro atoms. The molecule has 1 atom stereocenters. The Morgan fingerprint density at radius 2 is 2.06 bits per heavy atom. The van der Waals surface area contributed by atoms with Gasteiger partial charge >= 0.3 is 0 Å². The van der Waals surface area contributed by atoms with Crippen LogP contribution in [0.5, 0.6) is 0 Å². The standard InChI is InChI=1S/C13H14ClFN2S/c14-12-7-9(1-2-13(12)15)5-11(17-16)6-10-3-4-18-8-10/h1-4,7-8,11,17H,5-6,16H2. The number of hydrogen-bond acceptors (Lipinski definition) is 3. The van der Waals surface area contributed by atoms with Crippen LogP contribution in [0.3, 0.4) is 0 Å². The Balaban J connectivity index is 2.03. The fraction of sp³-hybridized carbons (Fsp3) is 0.231. The number of rotatable bonds is 5. The molecule has 1 unspecified atom stereocenters. The van der Waals surface area contributed by atoms with Gasteiger partial charge in [-0.3, -0.25) is 11.3 Å². The van der Waals surface area contributed by atoms with Crippen molar-refractivity contribution >= 4 is 22.9 Å². The molecule has 1 heterocycles. The lowest BCUT2D eigenvalue weighted by atomic mass is 10.0. The minimum absolute atomic E-state index is 0.112. The van der Waals surface area contributed by atoms with Crippen LogP contribution in [0.2, 0.25) is 5.02 Å². The molecule has 0 aliphatic heterocycles. The molecular weight excluding hydrogens is 271 g/mol. The van der Waals surface area contributed by atoms with Crippen LogP contribution in [0, 0.1) is 5.82 Å². The molecule has 0 saturated carbocycles. The molecule has 0 aliphatic rings. The van der Waals surface area contributed by atoms with Gasteiger partial charge in [0.1, 0.15) is 5.82 Å². The number of nitrogens with two attached hydrogens (primary N) is 1. The van der Waals surface area contributed by atoms with Crippen LogP contribution in [0.15, 0.2) is 35.0 Å². The van der Waals surface area contributed by atoms with Gasteiger partial charge in [-0.05, 0) is 52.9 Å². The van der Waals surface area contributed by atoms with Gasteiger partial charge < -0.3 is 0 Å². The van der Waals surface area contributed by atoms with Crippen LogP contribution < -0.4 is 11.3 Å². The van der Waals surface area contributed by atoms with Crippen molar-refractivity contribution in [2.75, 3.05) is 0 Å². The van der Waals surface area contributed by atoms with Crippen LogP contribution >= 0.6 is 22.9 Å². The van der Waals surface area contributed by atoms with E-state index in [-0.39, 0.29) is 11.1 Å². The molecule has 2 rings (SSSR count). The summed E-state index contributed by atoms with van der Waals surface area (Å²) in [6.45, 7) is 0. The van der Waals surface area contributed by atoms with Crippen LogP contribution in [0.1, 0.15) is 11.1 Å². The monoisotopic (exact) mass is 284 g/mol. The number of hydrazine groups is 1. The largest absolute Gasteiger partial charge is 0.271 e. The maximum absolute atomic E-state index is 13.1. The van der Waals surface area contributed by atoms with Gasteiger partial charge in [-0.2, -0.15) is 11.3 Å². The normalized spacial score (nSPS) is 12.6. The van der Waals surface area contributed by atoms with Crippen molar-refractivity contribution in [3.63, 3.8) is 0 Å². The minimum atomic E-state index is -0.393. The Morgan fingerprint density at radius 1 is 1.28 bits per heavy atom. The Hall–Kier alpha value is -0.940. The molecule has 0 fully saturated rings. The molecule has 96 valence electrons. The molecule has 1 aromatic heterocycles. The third-order valence-corrected chi connectivity index (χ3v) is 3.79. The second-order valence-electron chi connectivity index (χ2n) is 4.15. The topological polar surface area (TPSA) is 38.0 Å². The third kappa shape index (κ3) is 3.53. The van der Waals surface area contributed by atoms with E-state index >= 15 is 0 Å². The fourth-order valence-electron chi connectivity index (χ4n) is 1.83. The average Bonchev–Trinajstić information content (AvgIpc) is 2.86. The van der Waals surface area contributed by atoms with E-state index in [0.717, 1.165) is 12.0 Å². The highest BCUT2D eigenvalue weighted by Gasteiger charge is 2.10. The predicted octanol–water partition coefficient (Wildman–Crippen LogP) is 3.16. The van der Waals surface area contributed by atoms with E-state index < -0.39 is 5.82 Å². The zero-order valence-electron chi connectivity index (χ0n) is 9.70. The summed E-state index contributed by atoms with van der Waals surface area (Å²) in [5.41, 5.74) is 5.01. The quantitative estimate of drug-likeness (QED) is 0.654. The van der Waals surface area contributed by atoms with Crippen LogP contribution in [-0.2, 0) is 12.8 Å². The summed E-state index contributed by atoms with van der Waals surface area (Å²) >= 11 is 7.42. The number of thiophene rings is 1. The summed E-state index contributed by atoms with van der Waals surface area (Å²) in [5, 5.41) is 4.29. The van der Waals surface area contributed by atoms with Crippen LogP contribution in [-0.4, -0.2) is 6.04 Å². The van der Waals surface area contributed by atoms with Crippen molar-refractivity contribution in [2.24, 2.45) is 5.84 Å². The lowest BCUT2D eigenvalue weighted by Crippen LogP contribution is -2.38. The molecule has 18 heavy (non-hydrogen) atoms. The second-order valence-corrected chi connectivity index (χ2v) is 5.34. The zero-order chi connectivity index (χ0) is 13.0. The van der Waals surface area contributed by atoms with Gasteiger partial charge in [-0.25, -0.2) is 4.39 Å². The van der Waals surface area contributed by atoms with Gasteiger partial charge in [0.15, 0.2) is 0 Å². The molecule has 0 aliphatic carbocycles. The Morgan fingerprint density at radius 3 is 2.67 bits per heavy atom. The third-order valence-electron chi connectivity index (χ3n) is 2.76. The first-order chi connectivity index (χ1) is 8.69. The van der Waals surface area contributed by atoms with E-state index in [0.29, 0.717) is 6.42 Å². The summed E-state index contributed by atoms with van der Waals surface area (Å²) in [6, 6.07) is 6.96. The fourth-order valence-corrected chi connectivity index (χ4v) is 2.72. The first-order valence-corrected chi connectivity index (χ1v) is 6.92.